The molecule has 0 aliphatic rings. The van der Waals surface area contributed by atoms with Crippen molar-refractivity contribution in [2.45, 2.75) is 32.9 Å². The molecular weight excluding hydrogens is 342 g/mol. The van der Waals surface area contributed by atoms with Crippen LogP contribution in [-0.2, 0) is 6.61 Å². The summed E-state index contributed by atoms with van der Waals surface area (Å²) in [5.41, 5.74) is 1.47. The molecule has 3 aromatic rings. The van der Waals surface area contributed by atoms with E-state index < -0.39 is 6.43 Å². The van der Waals surface area contributed by atoms with Crippen molar-refractivity contribution in [2.24, 2.45) is 0 Å². The molecule has 0 saturated carbocycles. The lowest BCUT2D eigenvalue weighted by atomic mass is 10.1. The van der Waals surface area contributed by atoms with Crippen LogP contribution in [0.1, 0.15) is 42.4 Å². The van der Waals surface area contributed by atoms with Crippen LogP contribution in [-0.4, -0.2) is 15.1 Å². The Labute approximate surface area is 149 Å². The molecule has 0 bridgehead atoms. The molecule has 6 nitrogen and oxygen atoms in total. The van der Waals surface area contributed by atoms with Crippen LogP contribution in [0.4, 0.5) is 14.5 Å². The maximum Gasteiger partial charge on any atom is 0.280 e. The van der Waals surface area contributed by atoms with Gasteiger partial charge in [0.15, 0.2) is 12.4 Å². The summed E-state index contributed by atoms with van der Waals surface area (Å²) in [4.78, 5) is 7.85. The van der Waals surface area contributed by atoms with E-state index in [0.717, 1.165) is 11.3 Å². The van der Waals surface area contributed by atoms with Crippen LogP contribution in [0, 0.1) is 6.92 Å². The number of nitrogens with one attached hydrogen (secondary N) is 1. The van der Waals surface area contributed by atoms with Crippen LogP contribution < -0.4 is 10.1 Å². The molecule has 3 rings (SSSR count). The van der Waals surface area contributed by atoms with Crippen molar-refractivity contribution in [3.8, 4) is 5.75 Å². The molecule has 0 radical (unpaired) electrons. The van der Waals surface area contributed by atoms with Gasteiger partial charge in [0, 0.05) is 11.9 Å². The molecule has 2 heterocycles. The van der Waals surface area contributed by atoms with E-state index in [4.69, 9.17) is 9.26 Å². The minimum Gasteiger partial charge on any atom is -0.484 e. The molecule has 1 atom stereocenters. The normalized spacial score (nSPS) is 12.2. The highest BCUT2D eigenvalue weighted by Crippen LogP contribution is 2.23. The first-order valence-electron chi connectivity index (χ1n) is 8.04. The summed E-state index contributed by atoms with van der Waals surface area (Å²) in [6.07, 6.45) is -1.10. The third-order valence-electron chi connectivity index (χ3n) is 3.70. The summed E-state index contributed by atoms with van der Waals surface area (Å²) in [6.45, 7) is 3.87. The second-order valence-electron chi connectivity index (χ2n) is 5.73. The highest BCUT2D eigenvalue weighted by atomic mass is 19.3. The average molecular weight is 360 g/mol. The van der Waals surface area contributed by atoms with Crippen molar-refractivity contribution in [3.05, 3.63) is 65.6 Å². The zero-order valence-electron chi connectivity index (χ0n) is 14.3. The van der Waals surface area contributed by atoms with Gasteiger partial charge in [0.2, 0.25) is 0 Å². The average Bonchev–Trinajstić information content (AvgIpc) is 3.06. The molecule has 0 saturated heterocycles. The molecular formula is C18H18F2N4O2. The van der Waals surface area contributed by atoms with Gasteiger partial charge in [0.05, 0.1) is 6.04 Å². The molecule has 1 unspecified atom stereocenters. The number of hydrogen-bond acceptors (Lipinski definition) is 6. The van der Waals surface area contributed by atoms with Gasteiger partial charge < -0.3 is 14.6 Å². The third kappa shape index (κ3) is 4.53. The van der Waals surface area contributed by atoms with Crippen LogP contribution in [0.25, 0.3) is 0 Å². The standard InChI is InChI=1S/C18H18F2N4O2/c1-11(13-3-8-16(18(19)20)21-9-13)22-14-4-6-15(7-5-14)25-10-17-23-12(2)24-26-17/h3-9,11,18,22H,10H2,1-2H3. The minimum atomic E-state index is -2.56. The molecule has 0 amide bonds. The van der Waals surface area contributed by atoms with E-state index in [1.807, 2.05) is 31.2 Å². The number of aryl methyl sites for hydroxylation is 1. The summed E-state index contributed by atoms with van der Waals surface area (Å²) in [5, 5.41) is 6.98. The Morgan fingerprint density at radius 3 is 2.50 bits per heavy atom. The molecule has 0 spiro atoms. The molecule has 136 valence electrons. The largest absolute Gasteiger partial charge is 0.484 e. The van der Waals surface area contributed by atoms with E-state index in [0.29, 0.717) is 17.5 Å². The van der Waals surface area contributed by atoms with Gasteiger partial charge in [-0.3, -0.25) is 4.98 Å². The molecule has 0 aliphatic carbocycles. The topological polar surface area (TPSA) is 73.1 Å². The maximum absolute atomic E-state index is 12.6. The fourth-order valence-electron chi connectivity index (χ4n) is 2.33. The van der Waals surface area contributed by atoms with E-state index in [2.05, 4.69) is 20.4 Å². The molecule has 1 aromatic carbocycles. The molecule has 8 heteroatoms. The van der Waals surface area contributed by atoms with Gasteiger partial charge in [-0.2, -0.15) is 4.98 Å². The lowest BCUT2D eigenvalue weighted by Crippen LogP contribution is -2.07. The van der Waals surface area contributed by atoms with E-state index in [1.54, 1.807) is 13.0 Å². The zero-order valence-corrected chi connectivity index (χ0v) is 14.3. The highest BCUT2D eigenvalue weighted by Gasteiger charge is 2.11. The fraction of sp³-hybridized carbons (Fsp3) is 0.278. The lowest BCUT2D eigenvalue weighted by molar-refractivity contribution is 0.146. The number of aromatic nitrogens is 3. The molecule has 1 N–H and O–H groups in total. The maximum atomic E-state index is 12.6. The highest BCUT2D eigenvalue weighted by molar-refractivity contribution is 5.48. The number of anilines is 1. The second kappa shape index (κ2) is 7.90. The predicted octanol–water partition coefficient (Wildman–Crippen LogP) is 4.46. The Bertz CT molecular complexity index is 835. The number of pyridine rings is 1. The Balaban J connectivity index is 1.56. The van der Waals surface area contributed by atoms with Crippen LogP contribution >= 0.6 is 0 Å². The van der Waals surface area contributed by atoms with E-state index in [9.17, 15) is 8.78 Å². The monoisotopic (exact) mass is 360 g/mol. The quantitative estimate of drug-likeness (QED) is 0.670. The van der Waals surface area contributed by atoms with Gasteiger partial charge in [0.25, 0.3) is 12.3 Å². The van der Waals surface area contributed by atoms with E-state index in [-0.39, 0.29) is 18.3 Å². The summed E-state index contributed by atoms with van der Waals surface area (Å²) < 4.78 is 35.7. The van der Waals surface area contributed by atoms with E-state index >= 15 is 0 Å². The summed E-state index contributed by atoms with van der Waals surface area (Å²) in [5.74, 6) is 1.65. The Kier molecular flexibility index (Phi) is 5.40. The second-order valence-corrected chi connectivity index (χ2v) is 5.73. The predicted molar refractivity (Wildman–Crippen MR) is 91.0 cm³/mol. The first kappa shape index (κ1) is 17.8. The van der Waals surface area contributed by atoms with Crippen molar-refractivity contribution in [1.29, 1.82) is 0 Å². The first-order valence-corrected chi connectivity index (χ1v) is 8.04. The Morgan fingerprint density at radius 1 is 1.15 bits per heavy atom. The third-order valence-corrected chi connectivity index (χ3v) is 3.70. The van der Waals surface area contributed by atoms with Gasteiger partial charge in [-0.15, -0.1) is 0 Å². The number of alkyl halides is 2. The van der Waals surface area contributed by atoms with Crippen LogP contribution in [0.5, 0.6) is 5.75 Å². The van der Waals surface area contributed by atoms with Crippen molar-refractivity contribution in [2.75, 3.05) is 5.32 Å². The van der Waals surface area contributed by atoms with E-state index in [1.165, 1.54) is 12.3 Å². The number of hydrogen-bond donors (Lipinski definition) is 1. The van der Waals surface area contributed by atoms with Gasteiger partial charge in [-0.1, -0.05) is 11.2 Å². The SMILES string of the molecule is Cc1noc(COc2ccc(NC(C)c3ccc(C(F)F)nc3)cc2)n1. The van der Waals surface area contributed by atoms with Gasteiger partial charge >= 0.3 is 0 Å². The minimum absolute atomic E-state index is 0.0811. The van der Waals surface area contributed by atoms with Crippen molar-refractivity contribution >= 4 is 5.69 Å². The van der Waals surface area contributed by atoms with Gasteiger partial charge in [-0.25, -0.2) is 8.78 Å². The Hall–Kier alpha value is -3.03. The molecule has 26 heavy (non-hydrogen) atoms. The van der Waals surface area contributed by atoms with Crippen molar-refractivity contribution < 1.29 is 18.0 Å². The number of halogens is 2. The number of benzene rings is 1. The van der Waals surface area contributed by atoms with Crippen LogP contribution in [0.2, 0.25) is 0 Å². The van der Waals surface area contributed by atoms with Crippen molar-refractivity contribution in [1.82, 2.24) is 15.1 Å². The van der Waals surface area contributed by atoms with Gasteiger partial charge in [0.1, 0.15) is 11.4 Å². The number of rotatable bonds is 7. The summed E-state index contributed by atoms with van der Waals surface area (Å²) in [7, 11) is 0. The fourth-order valence-corrected chi connectivity index (χ4v) is 2.33. The zero-order chi connectivity index (χ0) is 18.5. The molecule has 0 fully saturated rings. The number of ether oxygens (including phenoxy) is 1. The van der Waals surface area contributed by atoms with Gasteiger partial charge in [-0.05, 0) is 49.7 Å². The summed E-state index contributed by atoms with van der Waals surface area (Å²) in [6, 6.07) is 10.3. The number of nitrogens with zero attached hydrogens (tertiary/aromatic N) is 3. The summed E-state index contributed by atoms with van der Waals surface area (Å²) >= 11 is 0. The van der Waals surface area contributed by atoms with Crippen molar-refractivity contribution in [3.63, 3.8) is 0 Å². The van der Waals surface area contributed by atoms with Crippen LogP contribution in [0.3, 0.4) is 0 Å². The lowest BCUT2D eigenvalue weighted by Gasteiger charge is -2.16. The smallest absolute Gasteiger partial charge is 0.280 e. The molecule has 0 aliphatic heterocycles. The van der Waals surface area contributed by atoms with Crippen LogP contribution in [0.15, 0.2) is 47.1 Å². The Morgan fingerprint density at radius 2 is 1.92 bits per heavy atom. The molecule has 2 aromatic heterocycles. The first-order chi connectivity index (χ1) is 12.5.